The maximum atomic E-state index is 12.0. The molecule has 0 saturated carbocycles. The minimum atomic E-state index is -0.253. The lowest BCUT2D eigenvalue weighted by molar-refractivity contribution is 0.102. The van der Waals surface area contributed by atoms with Crippen LogP contribution < -0.4 is 5.32 Å². The lowest BCUT2D eigenvalue weighted by atomic mass is 10.2. The summed E-state index contributed by atoms with van der Waals surface area (Å²) in [6.07, 6.45) is 0. The van der Waals surface area contributed by atoms with Gasteiger partial charge in [-0.15, -0.1) is 0 Å². The second-order valence-electron chi connectivity index (χ2n) is 4.11. The van der Waals surface area contributed by atoms with E-state index in [0.29, 0.717) is 5.56 Å². The molecule has 0 aliphatic heterocycles. The number of carbonyl (C=O) groups excluding carboxylic acids is 1. The maximum Gasteiger partial charge on any atom is 0.258 e. The van der Waals surface area contributed by atoms with Gasteiger partial charge in [0.05, 0.1) is 5.56 Å². The van der Waals surface area contributed by atoms with Crippen molar-refractivity contribution in [2.45, 2.75) is 13.8 Å². The predicted molar refractivity (Wildman–Crippen MR) is 73.1 cm³/mol. The fraction of sp³-hybridized carbons (Fsp3) is 0.143. The van der Waals surface area contributed by atoms with E-state index in [1.807, 2.05) is 38.1 Å². The number of nitrogens with zero attached hydrogens (tertiary/aromatic N) is 1. The summed E-state index contributed by atoms with van der Waals surface area (Å²) in [5, 5.41) is 3.00. The molecular weight excluding hydrogens is 248 g/mol. The third-order valence-electron chi connectivity index (χ3n) is 2.54. The van der Waals surface area contributed by atoms with Crippen LogP contribution in [-0.4, -0.2) is 10.9 Å². The molecule has 0 bridgehead atoms. The largest absolute Gasteiger partial charge is 0.322 e. The number of amides is 1. The van der Waals surface area contributed by atoms with Crippen LogP contribution >= 0.6 is 11.6 Å². The van der Waals surface area contributed by atoms with E-state index in [0.717, 1.165) is 16.9 Å². The standard InChI is InChI=1S/C14H13ClN2O/c1-9-3-6-11(7-4-9)17-14(18)12-8-5-10(2)16-13(12)15/h3-8H,1-2H3,(H,17,18). The summed E-state index contributed by atoms with van der Waals surface area (Å²) in [6, 6.07) is 11.0. The molecule has 18 heavy (non-hydrogen) atoms. The van der Waals surface area contributed by atoms with Gasteiger partial charge in [-0.05, 0) is 38.1 Å². The van der Waals surface area contributed by atoms with Crippen LogP contribution in [0.2, 0.25) is 5.15 Å². The summed E-state index contributed by atoms with van der Waals surface area (Å²) in [7, 11) is 0. The highest BCUT2D eigenvalue weighted by molar-refractivity contribution is 6.33. The Morgan fingerprint density at radius 1 is 1.11 bits per heavy atom. The molecule has 0 atom stereocenters. The first-order chi connectivity index (χ1) is 8.56. The minimum absolute atomic E-state index is 0.222. The van der Waals surface area contributed by atoms with Gasteiger partial charge in [-0.2, -0.15) is 0 Å². The Morgan fingerprint density at radius 3 is 2.39 bits per heavy atom. The fourth-order valence-corrected chi connectivity index (χ4v) is 1.81. The van der Waals surface area contributed by atoms with Crippen molar-refractivity contribution in [3.63, 3.8) is 0 Å². The SMILES string of the molecule is Cc1ccc(NC(=O)c2ccc(C)nc2Cl)cc1. The number of halogens is 1. The molecule has 0 unspecified atom stereocenters. The zero-order valence-electron chi connectivity index (χ0n) is 10.2. The molecule has 1 amide bonds. The van der Waals surface area contributed by atoms with Gasteiger partial charge in [-0.3, -0.25) is 4.79 Å². The molecule has 0 fully saturated rings. The van der Waals surface area contributed by atoms with E-state index in [2.05, 4.69) is 10.3 Å². The highest BCUT2D eigenvalue weighted by Gasteiger charge is 2.11. The molecule has 1 N–H and O–H groups in total. The highest BCUT2D eigenvalue weighted by atomic mass is 35.5. The van der Waals surface area contributed by atoms with Crippen LogP contribution in [0.1, 0.15) is 21.6 Å². The number of nitrogens with one attached hydrogen (secondary N) is 1. The van der Waals surface area contributed by atoms with Crippen molar-refractivity contribution in [3.8, 4) is 0 Å². The van der Waals surface area contributed by atoms with Gasteiger partial charge < -0.3 is 5.32 Å². The normalized spacial score (nSPS) is 10.2. The van der Waals surface area contributed by atoms with Gasteiger partial charge in [-0.25, -0.2) is 4.98 Å². The van der Waals surface area contributed by atoms with E-state index in [1.165, 1.54) is 0 Å². The lowest BCUT2D eigenvalue weighted by Gasteiger charge is -2.07. The van der Waals surface area contributed by atoms with E-state index in [-0.39, 0.29) is 11.1 Å². The van der Waals surface area contributed by atoms with Gasteiger partial charge in [0.15, 0.2) is 0 Å². The zero-order valence-corrected chi connectivity index (χ0v) is 11.0. The third kappa shape index (κ3) is 2.87. The van der Waals surface area contributed by atoms with Crippen molar-refractivity contribution in [3.05, 3.63) is 58.4 Å². The molecule has 4 heteroatoms. The molecule has 3 nitrogen and oxygen atoms in total. The Balaban J connectivity index is 2.19. The summed E-state index contributed by atoms with van der Waals surface area (Å²) < 4.78 is 0. The number of carbonyl (C=O) groups is 1. The number of anilines is 1. The number of aryl methyl sites for hydroxylation is 2. The van der Waals surface area contributed by atoms with Gasteiger partial charge >= 0.3 is 0 Å². The molecule has 92 valence electrons. The first-order valence-corrected chi connectivity index (χ1v) is 5.95. The zero-order chi connectivity index (χ0) is 13.1. The number of benzene rings is 1. The smallest absolute Gasteiger partial charge is 0.258 e. The van der Waals surface area contributed by atoms with Crippen molar-refractivity contribution >= 4 is 23.2 Å². The average molecular weight is 261 g/mol. The van der Waals surface area contributed by atoms with Crippen molar-refractivity contribution in [1.29, 1.82) is 0 Å². The highest BCUT2D eigenvalue weighted by Crippen LogP contribution is 2.16. The Hall–Kier alpha value is -1.87. The minimum Gasteiger partial charge on any atom is -0.322 e. The van der Waals surface area contributed by atoms with Gasteiger partial charge in [-0.1, -0.05) is 29.3 Å². The maximum absolute atomic E-state index is 12.0. The first-order valence-electron chi connectivity index (χ1n) is 5.57. The van der Waals surface area contributed by atoms with E-state index in [1.54, 1.807) is 12.1 Å². The topological polar surface area (TPSA) is 42.0 Å². The summed E-state index contributed by atoms with van der Waals surface area (Å²) in [4.78, 5) is 16.1. The van der Waals surface area contributed by atoms with Crippen LogP contribution in [0.25, 0.3) is 0 Å². The van der Waals surface area contributed by atoms with Crippen molar-refractivity contribution in [2.24, 2.45) is 0 Å². The van der Waals surface area contributed by atoms with Crippen molar-refractivity contribution in [1.82, 2.24) is 4.98 Å². The average Bonchev–Trinajstić information content (AvgIpc) is 2.32. The van der Waals surface area contributed by atoms with Crippen LogP contribution in [0.5, 0.6) is 0 Å². The van der Waals surface area contributed by atoms with Gasteiger partial charge in [0, 0.05) is 11.4 Å². The summed E-state index contributed by atoms with van der Waals surface area (Å²) in [5.41, 5.74) is 3.04. The van der Waals surface area contributed by atoms with Gasteiger partial charge in [0.2, 0.25) is 0 Å². The van der Waals surface area contributed by atoms with Crippen LogP contribution in [-0.2, 0) is 0 Å². The number of hydrogen-bond donors (Lipinski definition) is 1. The monoisotopic (exact) mass is 260 g/mol. The number of aromatic nitrogens is 1. The lowest BCUT2D eigenvalue weighted by Crippen LogP contribution is -2.13. The molecular formula is C14H13ClN2O. The fourth-order valence-electron chi connectivity index (χ4n) is 1.53. The molecule has 2 aromatic rings. The molecule has 1 aromatic carbocycles. The number of rotatable bonds is 2. The second kappa shape index (κ2) is 5.19. The van der Waals surface area contributed by atoms with E-state index in [9.17, 15) is 4.79 Å². The predicted octanol–water partition coefficient (Wildman–Crippen LogP) is 3.60. The van der Waals surface area contributed by atoms with Crippen LogP contribution in [0.4, 0.5) is 5.69 Å². The molecule has 0 aliphatic rings. The van der Waals surface area contributed by atoms with Gasteiger partial charge in [0.25, 0.3) is 5.91 Å². The van der Waals surface area contributed by atoms with Crippen LogP contribution in [0.3, 0.4) is 0 Å². The molecule has 1 aromatic heterocycles. The van der Waals surface area contributed by atoms with Crippen LogP contribution in [0.15, 0.2) is 36.4 Å². The van der Waals surface area contributed by atoms with Crippen molar-refractivity contribution < 1.29 is 4.79 Å². The Bertz CT molecular complexity index is 579. The Kier molecular flexibility index (Phi) is 3.63. The van der Waals surface area contributed by atoms with E-state index in [4.69, 9.17) is 11.6 Å². The summed E-state index contributed by atoms with van der Waals surface area (Å²) in [5.74, 6) is -0.253. The second-order valence-corrected chi connectivity index (χ2v) is 4.47. The number of pyridine rings is 1. The van der Waals surface area contributed by atoms with Crippen molar-refractivity contribution in [2.75, 3.05) is 5.32 Å². The molecule has 2 rings (SSSR count). The van der Waals surface area contributed by atoms with Gasteiger partial charge in [0.1, 0.15) is 5.15 Å². The van der Waals surface area contributed by atoms with Crippen LogP contribution in [0, 0.1) is 13.8 Å². The summed E-state index contributed by atoms with van der Waals surface area (Å²) in [6.45, 7) is 3.82. The molecule has 0 spiro atoms. The van der Waals surface area contributed by atoms with E-state index < -0.39 is 0 Å². The first kappa shape index (κ1) is 12.6. The molecule has 0 radical (unpaired) electrons. The van der Waals surface area contributed by atoms with E-state index >= 15 is 0 Å². The summed E-state index contributed by atoms with van der Waals surface area (Å²) >= 11 is 5.94. The molecule has 0 aliphatic carbocycles. The Labute approximate surface area is 111 Å². The Morgan fingerprint density at radius 2 is 1.78 bits per heavy atom. The quantitative estimate of drug-likeness (QED) is 0.839. The number of hydrogen-bond acceptors (Lipinski definition) is 2. The molecule has 0 saturated heterocycles. The third-order valence-corrected chi connectivity index (χ3v) is 2.83. The molecule has 1 heterocycles.